The summed E-state index contributed by atoms with van der Waals surface area (Å²) < 4.78 is 11.4. The highest BCUT2D eigenvalue weighted by Crippen LogP contribution is 2.36. The lowest BCUT2D eigenvalue weighted by atomic mass is 10.2. The van der Waals surface area contributed by atoms with Gasteiger partial charge in [-0.2, -0.15) is 5.10 Å². The third-order valence-corrected chi connectivity index (χ3v) is 4.71. The lowest BCUT2D eigenvalue weighted by molar-refractivity contribution is 0.0728. The number of nitrogens with two attached hydrogens (primary N) is 1. The zero-order valence-electron chi connectivity index (χ0n) is 14.2. The van der Waals surface area contributed by atoms with Crippen LogP contribution in [0, 0.1) is 0 Å². The van der Waals surface area contributed by atoms with Crippen LogP contribution in [0.5, 0.6) is 11.5 Å². The molecule has 0 unspecified atom stereocenters. The van der Waals surface area contributed by atoms with Crippen molar-refractivity contribution in [3.05, 3.63) is 63.4 Å². The van der Waals surface area contributed by atoms with E-state index < -0.39 is 5.97 Å². The predicted octanol–water partition coefficient (Wildman–Crippen LogP) is 4.16. The Bertz CT molecular complexity index is 976. The van der Waals surface area contributed by atoms with Crippen LogP contribution in [-0.2, 0) is 0 Å². The number of carbonyl (C=O) groups excluding carboxylic acids is 1. The summed E-state index contributed by atoms with van der Waals surface area (Å²) in [7, 11) is 1.50. The van der Waals surface area contributed by atoms with Crippen molar-refractivity contribution in [2.45, 2.75) is 0 Å². The molecule has 0 saturated heterocycles. The fourth-order valence-corrected chi connectivity index (χ4v) is 3.23. The highest BCUT2D eigenvalue weighted by Gasteiger charge is 2.16. The number of aromatic nitrogens is 1. The van der Waals surface area contributed by atoms with Crippen LogP contribution in [0.25, 0.3) is 0 Å². The summed E-state index contributed by atoms with van der Waals surface area (Å²) >= 11 is 4.76. The molecule has 0 aliphatic heterocycles. The van der Waals surface area contributed by atoms with Crippen molar-refractivity contribution in [3.8, 4) is 11.5 Å². The summed E-state index contributed by atoms with van der Waals surface area (Å²) in [6.07, 6.45) is 1.59. The molecule has 9 heteroatoms. The third kappa shape index (κ3) is 4.83. The van der Waals surface area contributed by atoms with Gasteiger partial charge in [0.15, 0.2) is 11.5 Å². The van der Waals surface area contributed by atoms with Gasteiger partial charge in [0.05, 0.1) is 23.4 Å². The van der Waals surface area contributed by atoms with E-state index in [1.807, 2.05) is 6.07 Å². The molecule has 1 aromatic heterocycles. The van der Waals surface area contributed by atoms with Crippen LogP contribution in [0.3, 0.4) is 0 Å². The number of anilines is 2. The van der Waals surface area contributed by atoms with Gasteiger partial charge >= 0.3 is 5.97 Å². The lowest BCUT2D eigenvalue weighted by Gasteiger charge is -2.12. The van der Waals surface area contributed by atoms with Crippen molar-refractivity contribution in [2.75, 3.05) is 18.3 Å². The molecule has 0 saturated carbocycles. The van der Waals surface area contributed by atoms with Crippen molar-refractivity contribution in [3.63, 3.8) is 0 Å². The molecule has 3 N–H and O–H groups in total. The molecule has 0 aliphatic rings. The van der Waals surface area contributed by atoms with E-state index in [0.717, 1.165) is 5.56 Å². The van der Waals surface area contributed by atoms with Crippen molar-refractivity contribution in [1.82, 2.24) is 4.98 Å². The van der Waals surface area contributed by atoms with E-state index in [1.54, 1.807) is 48.0 Å². The molecule has 3 rings (SSSR count). The third-order valence-electron chi connectivity index (χ3n) is 3.35. The first-order chi connectivity index (χ1) is 13.1. The molecule has 0 amide bonds. The number of benzene rings is 2. The Morgan fingerprint density at radius 2 is 2.11 bits per heavy atom. The SMILES string of the molecule is COc1cc(C=NNc2nc(N)cs2)cc(Br)c1OC(=O)c1ccccc1. The normalized spacial score (nSPS) is 10.7. The Kier molecular flexibility index (Phi) is 6.05. The van der Waals surface area contributed by atoms with Gasteiger partial charge < -0.3 is 15.2 Å². The number of hydrogen-bond acceptors (Lipinski definition) is 8. The summed E-state index contributed by atoms with van der Waals surface area (Å²) in [5.74, 6) is 0.656. The molecule has 0 fully saturated rings. The Labute approximate surface area is 168 Å². The molecular formula is C18H15BrN4O3S. The maximum atomic E-state index is 12.3. The zero-order chi connectivity index (χ0) is 19.2. The molecule has 7 nitrogen and oxygen atoms in total. The van der Waals surface area contributed by atoms with Gasteiger partial charge in [0.25, 0.3) is 0 Å². The van der Waals surface area contributed by atoms with Crippen molar-refractivity contribution in [2.24, 2.45) is 5.10 Å². The molecule has 2 aromatic carbocycles. The van der Waals surface area contributed by atoms with Crippen LogP contribution in [-0.4, -0.2) is 24.3 Å². The number of hydrazone groups is 1. The molecule has 0 aliphatic carbocycles. The number of nitrogen functional groups attached to an aromatic ring is 1. The first-order valence-electron chi connectivity index (χ1n) is 7.71. The number of ether oxygens (including phenoxy) is 2. The van der Waals surface area contributed by atoms with E-state index in [1.165, 1.54) is 18.4 Å². The van der Waals surface area contributed by atoms with Crippen LogP contribution in [0.2, 0.25) is 0 Å². The number of nitrogens with one attached hydrogen (secondary N) is 1. The Balaban J connectivity index is 1.77. The van der Waals surface area contributed by atoms with E-state index in [0.29, 0.717) is 32.5 Å². The number of nitrogens with zero attached hydrogens (tertiary/aromatic N) is 2. The average molecular weight is 447 g/mol. The zero-order valence-corrected chi connectivity index (χ0v) is 16.6. The second-order valence-electron chi connectivity index (χ2n) is 5.24. The minimum Gasteiger partial charge on any atom is -0.493 e. The van der Waals surface area contributed by atoms with Crippen molar-refractivity contribution in [1.29, 1.82) is 0 Å². The summed E-state index contributed by atoms with van der Waals surface area (Å²) in [6, 6.07) is 12.2. The van der Waals surface area contributed by atoms with Gasteiger partial charge in [0.1, 0.15) is 5.82 Å². The molecule has 0 bridgehead atoms. The number of rotatable bonds is 6. The topological polar surface area (TPSA) is 98.8 Å². The maximum absolute atomic E-state index is 12.3. The van der Waals surface area contributed by atoms with Gasteiger partial charge in [0, 0.05) is 5.38 Å². The van der Waals surface area contributed by atoms with Gasteiger partial charge in [-0.25, -0.2) is 9.78 Å². The second-order valence-corrected chi connectivity index (χ2v) is 6.95. The minimum atomic E-state index is -0.473. The maximum Gasteiger partial charge on any atom is 0.343 e. The molecule has 0 atom stereocenters. The lowest BCUT2D eigenvalue weighted by Crippen LogP contribution is -2.09. The summed E-state index contributed by atoms with van der Waals surface area (Å²) in [6.45, 7) is 0. The van der Waals surface area contributed by atoms with Crippen LogP contribution in [0.4, 0.5) is 10.9 Å². The average Bonchev–Trinajstić information content (AvgIpc) is 3.09. The van der Waals surface area contributed by atoms with Gasteiger partial charge in [-0.1, -0.05) is 18.2 Å². The van der Waals surface area contributed by atoms with Crippen LogP contribution in [0.1, 0.15) is 15.9 Å². The van der Waals surface area contributed by atoms with Gasteiger partial charge in [-0.05, 0) is 45.8 Å². The number of esters is 1. The van der Waals surface area contributed by atoms with Gasteiger partial charge in [-0.3, -0.25) is 5.43 Å². The monoisotopic (exact) mass is 446 g/mol. The molecule has 138 valence electrons. The highest BCUT2D eigenvalue weighted by atomic mass is 79.9. The second kappa shape index (κ2) is 8.65. The van der Waals surface area contributed by atoms with Gasteiger partial charge in [-0.15, -0.1) is 11.3 Å². The van der Waals surface area contributed by atoms with E-state index in [-0.39, 0.29) is 0 Å². The fraction of sp³-hybridized carbons (Fsp3) is 0.0556. The number of halogens is 1. The Hall–Kier alpha value is -2.91. The van der Waals surface area contributed by atoms with Crippen molar-refractivity contribution >= 4 is 50.4 Å². The first-order valence-corrected chi connectivity index (χ1v) is 9.39. The molecule has 27 heavy (non-hydrogen) atoms. The first kappa shape index (κ1) is 18.9. The van der Waals surface area contributed by atoms with Gasteiger partial charge in [0.2, 0.25) is 5.13 Å². The van der Waals surface area contributed by atoms with Crippen LogP contribution >= 0.6 is 27.3 Å². The number of hydrogen-bond donors (Lipinski definition) is 2. The quantitative estimate of drug-likeness (QED) is 0.255. The van der Waals surface area contributed by atoms with Crippen LogP contribution in [0.15, 0.2) is 57.4 Å². The van der Waals surface area contributed by atoms with Crippen LogP contribution < -0.4 is 20.6 Å². The molecular weight excluding hydrogens is 432 g/mol. The molecule has 0 spiro atoms. The standard InChI is InChI=1S/C18H15BrN4O3S/c1-25-14-8-11(9-21-23-18-22-15(20)10-27-18)7-13(19)16(14)26-17(24)12-5-3-2-4-6-12/h2-10H,20H2,1H3,(H,22,23). The number of thiazole rings is 1. The van der Waals surface area contributed by atoms with E-state index >= 15 is 0 Å². The largest absolute Gasteiger partial charge is 0.493 e. The molecule has 3 aromatic rings. The summed E-state index contributed by atoms with van der Waals surface area (Å²) in [5.41, 5.74) is 9.54. The Morgan fingerprint density at radius 3 is 2.78 bits per heavy atom. The minimum absolute atomic E-state index is 0.296. The smallest absolute Gasteiger partial charge is 0.343 e. The fourth-order valence-electron chi connectivity index (χ4n) is 2.14. The summed E-state index contributed by atoms with van der Waals surface area (Å²) in [4.78, 5) is 16.3. The Morgan fingerprint density at radius 1 is 1.33 bits per heavy atom. The molecule has 0 radical (unpaired) electrons. The predicted molar refractivity (Wildman–Crippen MR) is 110 cm³/mol. The van der Waals surface area contributed by atoms with E-state index in [9.17, 15) is 4.79 Å². The van der Waals surface area contributed by atoms with Crippen molar-refractivity contribution < 1.29 is 14.3 Å². The molecule has 1 heterocycles. The van der Waals surface area contributed by atoms with E-state index in [2.05, 4.69) is 31.4 Å². The highest BCUT2D eigenvalue weighted by molar-refractivity contribution is 9.10. The van der Waals surface area contributed by atoms with E-state index in [4.69, 9.17) is 15.2 Å². The number of methoxy groups -OCH3 is 1. The number of carbonyl (C=O) groups is 1. The summed E-state index contributed by atoms with van der Waals surface area (Å²) in [5, 5.41) is 6.42.